The van der Waals surface area contributed by atoms with E-state index in [1.165, 1.54) is 24.3 Å². The van der Waals surface area contributed by atoms with Gasteiger partial charge >= 0.3 is 29.6 Å². The Balaban J connectivity index is 0.00000324. The van der Waals surface area contributed by atoms with E-state index in [9.17, 15) is 19.5 Å². The number of fused-ring (bicyclic) bond motifs is 1. The number of β-lactam (4-membered cyclic amide) rings is 1. The topological polar surface area (TPSA) is 172 Å². The maximum atomic E-state index is 12.8. The molecule has 1 saturated heterocycles. The second-order valence-electron chi connectivity index (χ2n) is 6.72. The van der Waals surface area contributed by atoms with E-state index in [1.807, 2.05) is 0 Å². The summed E-state index contributed by atoms with van der Waals surface area (Å²) in [5.41, 5.74) is 5.89. The maximum absolute atomic E-state index is 12.8. The van der Waals surface area contributed by atoms with Gasteiger partial charge in [0.05, 0.1) is 17.4 Å². The fraction of sp³-hybridized carbons (Fsp3) is 0.263. The Kier molecular flexibility index (Phi) is 8.54. The van der Waals surface area contributed by atoms with Crippen molar-refractivity contribution in [1.82, 2.24) is 20.2 Å². The average Bonchev–Trinajstić information content (AvgIpc) is 3.25. The van der Waals surface area contributed by atoms with Gasteiger partial charge in [-0.2, -0.15) is 0 Å². The Labute approximate surface area is 223 Å². The number of carbonyl (C=O) groups is 3. The van der Waals surface area contributed by atoms with E-state index in [4.69, 9.17) is 15.3 Å². The molecule has 0 unspecified atom stereocenters. The second-order valence-corrected chi connectivity index (χ2v) is 8.72. The molecule has 3 N–H and O–H groups in total. The van der Waals surface area contributed by atoms with Crippen LogP contribution in [0.5, 0.6) is 0 Å². The number of carboxylic acid groups (broad SMARTS) is 1. The minimum absolute atomic E-state index is 0. The number of aromatic nitrogens is 2. The number of carbonyl (C=O) groups excluding carboxylic acids is 3. The van der Waals surface area contributed by atoms with E-state index in [1.54, 1.807) is 24.4 Å². The monoisotopic (exact) mass is 512 g/mol. The number of nitrogen functional groups attached to an aromatic ring is 1. The largest absolute Gasteiger partial charge is 1.00 e. The number of nitrogens with two attached hydrogens (primary N) is 1. The van der Waals surface area contributed by atoms with Crippen molar-refractivity contribution in [3.8, 4) is 0 Å². The molecule has 0 radical (unpaired) electrons. The summed E-state index contributed by atoms with van der Waals surface area (Å²) in [6.07, 6.45) is 1.59. The summed E-state index contributed by atoms with van der Waals surface area (Å²) in [4.78, 5) is 51.2. The molecule has 0 aliphatic carbocycles. The van der Waals surface area contributed by atoms with Gasteiger partial charge in [0, 0.05) is 11.6 Å². The van der Waals surface area contributed by atoms with Gasteiger partial charge in [0.25, 0.3) is 11.8 Å². The van der Waals surface area contributed by atoms with Crippen LogP contribution in [0, 0.1) is 0 Å². The van der Waals surface area contributed by atoms with Gasteiger partial charge in [-0.05, 0) is 12.1 Å². The first-order chi connectivity index (χ1) is 15.9. The number of nitrogens with zero attached hydrogens (tertiary/aromatic N) is 4. The third kappa shape index (κ3) is 5.20. The third-order valence-electron chi connectivity index (χ3n) is 4.70. The molecule has 2 amide bonds. The van der Waals surface area contributed by atoms with Crippen molar-refractivity contribution in [2.45, 2.75) is 18.0 Å². The van der Waals surface area contributed by atoms with Gasteiger partial charge in [-0.1, -0.05) is 11.2 Å². The number of thiazole rings is 1. The number of hydrogen-bond donors (Lipinski definition) is 2. The number of rotatable bonds is 8. The quantitative estimate of drug-likeness (QED) is 0.154. The Bertz CT molecular complexity index is 1160. The Hall–Kier alpha value is -2.65. The van der Waals surface area contributed by atoms with Crippen LogP contribution in [0.4, 0.5) is 5.13 Å². The zero-order valence-corrected chi connectivity index (χ0v) is 21.7. The van der Waals surface area contributed by atoms with Crippen LogP contribution in [-0.4, -0.2) is 62.6 Å². The van der Waals surface area contributed by atoms with Crippen LogP contribution in [0.1, 0.15) is 11.4 Å². The minimum atomic E-state index is -1.55. The number of carboxylic acids is 1. The molecule has 34 heavy (non-hydrogen) atoms. The predicted octanol–water partition coefficient (Wildman–Crippen LogP) is -3.95. The Morgan fingerprint density at radius 3 is 2.82 bits per heavy atom. The van der Waals surface area contributed by atoms with E-state index in [2.05, 4.69) is 20.4 Å². The summed E-state index contributed by atoms with van der Waals surface area (Å²) in [7, 11) is 1.26. The van der Waals surface area contributed by atoms with Crippen molar-refractivity contribution in [2.24, 2.45) is 5.16 Å². The smallest absolute Gasteiger partial charge is 0.543 e. The van der Waals surface area contributed by atoms with E-state index in [0.717, 1.165) is 16.2 Å². The molecule has 0 aromatic carbocycles. The number of hydrogen-bond acceptors (Lipinski definition) is 12. The molecule has 172 valence electrons. The van der Waals surface area contributed by atoms with E-state index >= 15 is 0 Å². The second kappa shape index (κ2) is 11.2. The predicted molar refractivity (Wildman–Crippen MR) is 116 cm³/mol. The number of aliphatic carboxylic acids is 1. The molecule has 1 fully saturated rings. The molecule has 15 heteroatoms. The van der Waals surface area contributed by atoms with Crippen LogP contribution in [0.3, 0.4) is 0 Å². The van der Waals surface area contributed by atoms with Crippen LogP contribution < -0.4 is 45.7 Å². The summed E-state index contributed by atoms with van der Waals surface area (Å²) >= 11 is 2.36. The molecular weight excluding hydrogens is 495 g/mol. The van der Waals surface area contributed by atoms with Gasteiger partial charge < -0.3 is 30.5 Å². The normalized spacial score (nSPS) is 19.5. The van der Waals surface area contributed by atoms with E-state index in [-0.39, 0.29) is 69.9 Å². The zero-order chi connectivity index (χ0) is 23.5. The average molecular weight is 513 g/mol. The fourth-order valence-corrected chi connectivity index (χ4v) is 5.06. The van der Waals surface area contributed by atoms with Gasteiger partial charge in [-0.3, -0.25) is 19.5 Å². The van der Waals surface area contributed by atoms with E-state index < -0.39 is 29.2 Å². The summed E-state index contributed by atoms with van der Waals surface area (Å²) < 4.78 is 5.63. The number of pyridine rings is 1. The van der Waals surface area contributed by atoms with Gasteiger partial charge in [-0.25, -0.2) is 4.98 Å². The third-order valence-corrected chi connectivity index (χ3v) is 6.62. The molecule has 2 atom stereocenters. The standard InChI is InChI=1S/C19H18N6O6S2.Na/c1-30-24-12(10-7-33-19(20)22-10)15(26)23-13-16(27)25-14(18(28)29)11(8-32-17(13)25)31-6-9-4-2-3-5-21-9;/h2-5,7,13,17H,6,8H2,1H3,(H2,20,22)(H,23,26)(H,28,29);/q;+1/p-1/b24-12-;/t13-,17+;/m1./s1. The van der Waals surface area contributed by atoms with Crippen LogP contribution in [0.2, 0.25) is 0 Å². The summed E-state index contributed by atoms with van der Waals surface area (Å²) in [6, 6.07) is 4.27. The van der Waals surface area contributed by atoms with Gasteiger partial charge in [0.15, 0.2) is 10.8 Å². The zero-order valence-electron chi connectivity index (χ0n) is 18.1. The van der Waals surface area contributed by atoms with Crippen molar-refractivity contribution in [2.75, 3.05) is 18.6 Å². The Morgan fingerprint density at radius 2 is 2.21 bits per heavy atom. The Morgan fingerprint density at radius 1 is 1.41 bits per heavy atom. The summed E-state index contributed by atoms with van der Waals surface area (Å²) in [5, 5.41) is 19.2. The molecule has 2 aliphatic heterocycles. The number of amides is 2. The number of ether oxygens (including phenoxy) is 1. The first-order valence-electron chi connectivity index (χ1n) is 9.46. The maximum Gasteiger partial charge on any atom is 1.00 e. The molecule has 0 spiro atoms. The van der Waals surface area contributed by atoms with Crippen LogP contribution in [0.15, 0.2) is 46.4 Å². The van der Waals surface area contributed by atoms with Crippen LogP contribution in [-0.2, 0) is 30.6 Å². The molecule has 2 aliphatic rings. The van der Waals surface area contributed by atoms with Crippen molar-refractivity contribution in [3.05, 3.63) is 52.6 Å². The number of thioether (sulfide) groups is 1. The SMILES string of the molecule is CO/N=C(\C(=O)N[C@@H]1C(=O)N2C(C(=O)[O-])=C(OCc3ccccn3)CS[C@@H]12)c1csc(N)n1.[Na+]. The first-order valence-corrected chi connectivity index (χ1v) is 11.4. The van der Waals surface area contributed by atoms with Crippen molar-refractivity contribution >= 4 is 51.7 Å². The number of nitrogens with one attached hydrogen (secondary N) is 1. The molecule has 4 rings (SSSR count). The van der Waals surface area contributed by atoms with Crippen molar-refractivity contribution in [1.29, 1.82) is 0 Å². The van der Waals surface area contributed by atoms with Gasteiger partial charge in [0.1, 0.15) is 42.3 Å². The van der Waals surface area contributed by atoms with Crippen LogP contribution in [0.25, 0.3) is 0 Å². The van der Waals surface area contributed by atoms with Gasteiger partial charge in [-0.15, -0.1) is 23.1 Å². The molecule has 4 heterocycles. The fourth-order valence-electron chi connectivity index (χ4n) is 3.24. The first kappa shape index (κ1) is 26.0. The number of anilines is 1. The summed E-state index contributed by atoms with van der Waals surface area (Å²) in [6.45, 7) is 0.0357. The molecule has 2 aromatic rings. The number of oxime groups is 1. The molecular formula is C19H17N6NaO6S2. The van der Waals surface area contributed by atoms with Crippen molar-refractivity contribution in [3.63, 3.8) is 0 Å². The van der Waals surface area contributed by atoms with Crippen molar-refractivity contribution < 1.29 is 58.6 Å². The van der Waals surface area contributed by atoms with Crippen LogP contribution >= 0.6 is 23.1 Å². The molecule has 12 nitrogen and oxygen atoms in total. The molecule has 0 bridgehead atoms. The van der Waals surface area contributed by atoms with E-state index in [0.29, 0.717) is 5.69 Å². The molecule has 0 saturated carbocycles. The van der Waals surface area contributed by atoms with Gasteiger partial charge in [0.2, 0.25) is 0 Å². The molecule has 2 aromatic heterocycles. The minimum Gasteiger partial charge on any atom is -0.543 e. The summed E-state index contributed by atoms with van der Waals surface area (Å²) in [5.74, 6) is -2.61.